The first kappa shape index (κ1) is 14.3. The van der Waals surface area contributed by atoms with Crippen molar-refractivity contribution in [2.24, 2.45) is 16.8 Å². The molecular formula is C9H13FN4O3S. The number of oxime groups is 1. The predicted molar refractivity (Wildman–Crippen MR) is 62.0 cm³/mol. The quantitative estimate of drug-likeness (QED) is 0.300. The molecule has 1 aromatic heterocycles. The Labute approximate surface area is 104 Å². The van der Waals surface area contributed by atoms with Crippen LogP contribution in [0.5, 0.6) is 0 Å². The lowest BCUT2D eigenvalue weighted by molar-refractivity contribution is 0.314. The highest BCUT2D eigenvalue weighted by atomic mass is 32.2. The van der Waals surface area contributed by atoms with Crippen LogP contribution in [0.25, 0.3) is 0 Å². The van der Waals surface area contributed by atoms with Crippen LogP contribution in [0.2, 0.25) is 0 Å². The standard InChI is InChI=1S/C9H13FN4O3S/c1-6(8(11)14-15)5-13-18(16,17)9-7(10)3-2-4-12-9/h2-4,6,13,15H,5H2,1H3,(H2,11,14). The molecule has 0 aliphatic carbocycles. The van der Waals surface area contributed by atoms with Crippen LogP contribution in [-0.4, -0.2) is 31.0 Å². The van der Waals surface area contributed by atoms with E-state index in [1.165, 1.54) is 12.3 Å². The minimum Gasteiger partial charge on any atom is -0.409 e. The van der Waals surface area contributed by atoms with E-state index in [4.69, 9.17) is 10.9 Å². The van der Waals surface area contributed by atoms with Crippen LogP contribution >= 0.6 is 0 Å². The Bertz CT molecular complexity index is 546. The van der Waals surface area contributed by atoms with Crippen molar-refractivity contribution in [3.63, 3.8) is 0 Å². The summed E-state index contributed by atoms with van der Waals surface area (Å²) in [5.74, 6) is -1.60. The summed E-state index contributed by atoms with van der Waals surface area (Å²) in [6, 6.07) is 2.28. The van der Waals surface area contributed by atoms with Crippen molar-refractivity contribution in [3.05, 3.63) is 24.1 Å². The maximum absolute atomic E-state index is 13.3. The van der Waals surface area contributed by atoms with E-state index in [2.05, 4.69) is 14.9 Å². The number of sulfonamides is 1. The van der Waals surface area contributed by atoms with E-state index < -0.39 is 26.8 Å². The number of amidine groups is 1. The number of nitrogens with two attached hydrogens (primary N) is 1. The van der Waals surface area contributed by atoms with Gasteiger partial charge >= 0.3 is 0 Å². The number of aromatic nitrogens is 1. The molecule has 9 heteroatoms. The van der Waals surface area contributed by atoms with Crippen molar-refractivity contribution >= 4 is 15.9 Å². The molecule has 0 aliphatic rings. The number of nitrogens with zero attached hydrogens (tertiary/aromatic N) is 2. The van der Waals surface area contributed by atoms with Crippen molar-refractivity contribution in [3.8, 4) is 0 Å². The third-order valence-corrected chi connectivity index (χ3v) is 3.54. The van der Waals surface area contributed by atoms with Crippen LogP contribution in [-0.2, 0) is 10.0 Å². The molecule has 100 valence electrons. The van der Waals surface area contributed by atoms with E-state index >= 15 is 0 Å². The zero-order chi connectivity index (χ0) is 13.8. The minimum absolute atomic E-state index is 0.126. The lowest BCUT2D eigenvalue weighted by Gasteiger charge is -2.11. The molecule has 0 saturated carbocycles. The minimum atomic E-state index is -4.06. The summed E-state index contributed by atoms with van der Waals surface area (Å²) in [4.78, 5) is 3.46. The Morgan fingerprint density at radius 1 is 1.72 bits per heavy atom. The number of halogens is 1. The van der Waals surface area contributed by atoms with Crippen molar-refractivity contribution in [2.45, 2.75) is 11.9 Å². The maximum Gasteiger partial charge on any atom is 0.261 e. The lowest BCUT2D eigenvalue weighted by atomic mass is 10.2. The van der Waals surface area contributed by atoms with Gasteiger partial charge in [0.2, 0.25) is 5.03 Å². The van der Waals surface area contributed by atoms with Crippen molar-refractivity contribution < 1.29 is 18.0 Å². The molecule has 0 aromatic carbocycles. The smallest absolute Gasteiger partial charge is 0.261 e. The summed E-state index contributed by atoms with van der Waals surface area (Å²) in [5.41, 5.74) is 5.29. The van der Waals surface area contributed by atoms with E-state index in [0.717, 1.165) is 6.07 Å². The molecule has 0 fully saturated rings. The SMILES string of the molecule is CC(CNS(=O)(=O)c1ncccc1F)/C(N)=N/O. The fraction of sp³-hybridized carbons (Fsp3) is 0.333. The number of nitrogens with one attached hydrogen (secondary N) is 1. The Hall–Kier alpha value is -1.74. The van der Waals surface area contributed by atoms with Gasteiger partial charge in [-0.3, -0.25) is 0 Å². The molecule has 0 bridgehead atoms. The van der Waals surface area contributed by atoms with Crippen LogP contribution in [0.4, 0.5) is 4.39 Å². The summed E-state index contributed by atoms with van der Waals surface area (Å²) < 4.78 is 38.8. The van der Waals surface area contributed by atoms with E-state index in [1.54, 1.807) is 6.92 Å². The van der Waals surface area contributed by atoms with Gasteiger partial charge in [0, 0.05) is 18.7 Å². The molecule has 0 spiro atoms. The molecule has 1 unspecified atom stereocenters. The summed E-state index contributed by atoms with van der Waals surface area (Å²) in [5, 5.41) is 10.5. The second-order valence-electron chi connectivity index (χ2n) is 3.57. The molecule has 1 atom stereocenters. The highest BCUT2D eigenvalue weighted by Crippen LogP contribution is 2.09. The van der Waals surface area contributed by atoms with E-state index in [9.17, 15) is 12.8 Å². The van der Waals surface area contributed by atoms with Crippen molar-refractivity contribution in [1.29, 1.82) is 0 Å². The molecule has 1 aromatic rings. The van der Waals surface area contributed by atoms with Gasteiger partial charge in [-0.2, -0.15) is 0 Å². The molecule has 1 rings (SSSR count). The first-order valence-electron chi connectivity index (χ1n) is 4.96. The van der Waals surface area contributed by atoms with E-state index in [1.807, 2.05) is 0 Å². The van der Waals surface area contributed by atoms with E-state index in [-0.39, 0.29) is 12.4 Å². The van der Waals surface area contributed by atoms with Gasteiger partial charge in [0.15, 0.2) is 5.82 Å². The molecule has 0 aliphatic heterocycles. The van der Waals surface area contributed by atoms with Gasteiger partial charge in [-0.05, 0) is 12.1 Å². The Morgan fingerprint density at radius 3 is 2.94 bits per heavy atom. The topological polar surface area (TPSA) is 118 Å². The largest absolute Gasteiger partial charge is 0.409 e. The second-order valence-corrected chi connectivity index (χ2v) is 5.25. The van der Waals surface area contributed by atoms with Crippen LogP contribution < -0.4 is 10.5 Å². The lowest BCUT2D eigenvalue weighted by Crippen LogP contribution is -2.35. The Balaban J connectivity index is 2.82. The summed E-state index contributed by atoms with van der Waals surface area (Å²) in [6.07, 6.45) is 1.17. The average Bonchev–Trinajstić information content (AvgIpc) is 2.35. The molecule has 1 heterocycles. The summed E-state index contributed by atoms with van der Waals surface area (Å²) in [7, 11) is -4.06. The van der Waals surface area contributed by atoms with Crippen molar-refractivity contribution in [1.82, 2.24) is 9.71 Å². The number of hydrogen-bond donors (Lipinski definition) is 3. The molecule has 4 N–H and O–H groups in total. The zero-order valence-corrected chi connectivity index (χ0v) is 10.4. The maximum atomic E-state index is 13.3. The Kier molecular flexibility index (Phi) is 4.56. The van der Waals surface area contributed by atoms with Gasteiger partial charge in [0.1, 0.15) is 5.84 Å². The highest BCUT2D eigenvalue weighted by Gasteiger charge is 2.21. The van der Waals surface area contributed by atoms with Crippen LogP contribution in [0.1, 0.15) is 6.92 Å². The van der Waals surface area contributed by atoms with Gasteiger partial charge in [-0.1, -0.05) is 12.1 Å². The third-order valence-electron chi connectivity index (χ3n) is 2.18. The van der Waals surface area contributed by atoms with Crippen LogP contribution in [0.15, 0.2) is 28.5 Å². The fourth-order valence-corrected chi connectivity index (χ4v) is 2.21. The fourth-order valence-electron chi connectivity index (χ4n) is 1.08. The number of hydrogen-bond acceptors (Lipinski definition) is 5. The normalized spacial score (nSPS) is 14.4. The monoisotopic (exact) mass is 276 g/mol. The highest BCUT2D eigenvalue weighted by molar-refractivity contribution is 7.89. The zero-order valence-electron chi connectivity index (χ0n) is 9.54. The first-order valence-corrected chi connectivity index (χ1v) is 6.44. The Morgan fingerprint density at radius 2 is 2.39 bits per heavy atom. The van der Waals surface area contributed by atoms with Gasteiger partial charge in [0.05, 0.1) is 0 Å². The molecule has 7 nitrogen and oxygen atoms in total. The first-order chi connectivity index (χ1) is 8.38. The molecular weight excluding hydrogens is 263 g/mol. The molecule has 18 heavy (non-hydrogen) atoms. The summed E-state index contributed by atoms with van der Waals surface area (Å²) in [6.45, 7) is 1.42. The number of rotatable bonds is 5. The van der Waals surface area contributed by atoms with Gasteiger partial charge in [0.25, 0.3) is 10.0 Å². The average molecular weight is 276 g/mol. The number of pyridine rings is 1. The van der Waals surface area contributed by atoms with Crippen molar-refractivity contribution in [2.75, 3.05) is 6.54 Å². The van der Waals surface area contributed by atoms with Gasteiger partial charge in [-0.15, -0.1) is 0 Å². The van der Waals surface area contributed by atoms with Crippen LogP contribution in [0, 0.1) is 11.7 Å². The molecule has 0 saturated heterocycles. The van der Waals surface area contributed by atoms with Gasteiger partial charge in [-0.25, -0.2) is 22.5 Å². The molecule has 0 amide bonds. The molecule has 0 radical (unpaired) electrons. The summed E-state index contributed by atoms with van der Waals surface area (Å²) >= 11 is 0. The van der Waals surface area contributed by atoms with Gasteiger partial charge < -0.3 is 10.9 Å². The second kappa shape index (κ2) is 5.74. The van der Waals surface area contributed by atoms with Crippen LogP contribution in [0.3, 0.4) is 0 Å². The predicted octanol–water partition coefficient (Wildman–Crippen LogP) is -0.119. The third kappa shape index (κ3) is 3.37. The van der Waals surface area contributed by atoms with E-state index in [0.29, 0.717) is 0 Å².